The molecule has 0 aliphatic heterocycles. The number of fused-ring (bicyclic) bond motifs is 1. The lowest BCUT2D eigenvalue weighted by Crippen LogP contribution is -2.18. The van der Waals surface area contributed by atoms with Crippen LogP contribution in [0.2, 0.25) is 0 Å². The lowest BCUT2D eigenvalue weighted by Gasteiger charge is -2.19. The molecule has 0 amide bonds. The van der Waals surface area contributed by atoms with Crippen molar-refractivity contribution in [2.75, 3.05) is 19.1 Å². The topological polar surface area (TPSA) is 88.4 Å². The van der Waals surface area contributed by atoms with E-state index in [1.807, 2.05) is 42.3 Å². The molecule has 1 N–H and O–H groups in total. The van der Waals surface area contributed by atoms with Gasteiger partial charge in [-0.2, -0.15) is 10.2 Å². The van der Waals surface area contributed by atoms with Crippen molar-refractivity contribution in [3.8, 4) is 17.0 Å². The van der Waals surface area contributed by atoms with E-state index < -0.39 is 0 Å². The number of nitrogens with one attached hydrogen (secondary N) is 1. The minimum Gasteiger partial charge on any atom is -0.497 e. The number of nitrogens with zero attached hydrogens (tertiary/aromatic N) is 5. The molecule has 27 heavy (non-hydrogen) atoms. The zero-order chi connectivity index (χ0) is 18.8. The van der Waals surface area contributed by atoms with E-state index >= 15 is 0 Å². The fourth-order valence-electron chi connectivity index (χ4n) is 2.91. The summed E-state index contributed by atoms with van der Waals surface area (Å²) in [7, 11) is 3.62. The summed E-state index contributed by atoms with van der Waals surface area (Å²) >= 11 is 0. The quantitative estimate of drug-likeness (QED) is 0.530. The third kappa shape index (κ3) is 3.24. The second-order valence-electron chi connectivity index (χ2n) is 6.15. The van der Waals surface area contributed by atoms with Gasteiger partial charge >= 0.3 is 0 Å². The second kappa shape index (κ2) is 6.91. The molecule has 0 unspecified atom stereocenters. The van der Waals surface area contributed by atoms with E-state index in [0.717, 1.165) is 28.4 Å². The van der Waals surface area contributed by atoms with Crippen LogP contribution in [0.5, 0.6) is 5.75 Å². The number of carbonyl (C=O) groups is 1. The van der Waals surface area contributed by atoms with Crippen molar-refractivity contribution >= 4 is 17.8 Å². The van der Waals surface area contributed by atoms with Gasteiger partial charge in [0.05, 0.1) is 19.0 Å². The Labute approximate surface area is 155 Å². The van der Waals surface area contributed by atoms with Crippen molar-refractivity contribution in [2.24, 2.45) is 0 Å². The van der Waals surface area contributed by atoms with E-state index in [1.54, 1.807) is 30.1 Å². The first-order valence-electron chi connectivity index (χ1n) is 8.37. The van der Waals surface area contributed by atoms with Gasteiger partial charge in [0.25, 0.3) is 0 Å². The summed E-state index contributed by atoms with van der Waals surface area (Å²) in [5.41, 5.74) is 3.74. The van der Waals surface area contributed by atoms with Gasteiger partial charge in [-0.1, -0.05) is 12.1 Å². The number of hydrogen-bond donors (Lipinski definition) is 1. The molecule has 0 radical (unpaired) electrons. The Morgan fingerprint density at radius 1 is 1.26 bits per heavy atom. The molecule has 0 aliphatic rings. The highest BCUT2D eigenvalue weighted by atomic mass is 16.5. The van der Waals surface area contributed by atoms with Crippen LogP contribution < -0.4 is 9.64 Å². The standard InChI is InChI=1S/C19H18N6O2/c1-24(11-13-3-5-16(27-2)6-4-13)18-8-17(14-9-20-21-10-14)25-19(22-18)7-15(12-26)23-25/h3-10,12H,11H2,1-2H3,(H,20,21). The maximum atomic E-state index is 11.1. The smallest absolute Gasteiger partial charge is 0.170 e. The van der Waals surface area contributed by atoms with Gasteiger partial charge in [-0.25, -0.2) is 9.50 Å². The summed E-state index contributed by atoms with van der Waals surface area (Å²) in [6.07, 6.45) is 4.21. The van der Waals surface area contributed by atoms with Gasteiger partial charge < -0.3 is 9.64 Å². The molecule has 0 spiro atoms. The van der Waals surface area contributed by atoms with E-state index in [1.165, 1.54) is 0 Å². The highest BCUT2D eigenvalue weighted by molar-refractivity contribution is 5.76. The zero-order valence-corrected chi connectivity index (χ0v) is 15.0. The maximum Gasteiger partial charge on any atom is 0.170 e. The lowest BCUT2D eigenvalue weighted by atomic mass is 10.2. The molecular weight excluding hydrogens is 344 g/mol. The van der Waals surface area contributed by atoms with Crippen LogP contribution in [0, 0.1) is 0 Å². The Morgan fingerprint density at radius 3 is 2.74 bits per heavy atom. The number of benzene rings is 1. The molecule has 0 saturated heterocycles. The van der Waals surface area contributed by atoms with Crippen molar-refractivity contribution in [1.82, 2.24) is 24.8 Å². The number of ether oxygens (including phenoxy) is 1. The summed E-state index contributed by atoms with van der Waals surface area (Å²) in [6, 6.07) is 11.5. The van der Waals surface area contributed by atoms with E-state index in [4.69, 9.17) is 4.74 Å². The minimum atomic E-state index is 0.335. The average Bonchev–Trinajstić information content (AvgIpc) is 3.37. The van der Waals surface area contributed by atoms with Crippen LogP contribution in [0.1, 0.15) is 16.1 Å². The summed E-state index contributed by atoms with van der Waals surface area (Å²) in [6.45, 7) is 0.673. The summed E-state index contributed by atoms with van der Waals surface area (Å²) < 4.78 is 6.86. The third-order valence-electron chi connectivity index (χ3n) is 4.32. The number of anilines is 1. The van der Waals surface area contributed by atoms with Crippen molar-refractivity contribution in [2.45, 2.75) is 6.54 Å². The van der Waals surface area contributed by atoms with Crippen molar-refractivity contribution in [1.29, 1.82) is 0 Å². The Hall–Kier alpha value is -3.68. The fraction of sp³-hybridized carbons (Fsp3) is 0.158. The number of carbonyl (C=O) groups excluding carboxylic acids is 1. The Morgan fingerprint density at radius 2 is 2.07 bits per heavy atom. The fourth-order valence-corrected chi connectivity index (χ4v) is 2.91. The number of H-pyrrole nitrogens is 1. The van der Waals surface area contributed by atoms with Gasteiger partial charge in [-0.3, -0.25) is 9.89 Å². The van der Waals surface area contributed by atoms with Gasteiger partial charge in [-0.05, 0) is 17.7 Å². The molecule has 0 atom stereocenters. The van der Waals surface area contributed by atoms with Crippen LogP contribution in [0.25, 0.3) is 16.9 Å². The summed E-state index contributed by atoms with van der Waals surface area (Å²) in [5.74, 6) is 1.59. The average molecular weight is 362 g/mol. The lowest BCUT2D eigenvalue weighted by molar-refractivity contribution is 0.111. The van der Waals surface area contributed by atoms with Crippen LogP contribution in [0.3, 0.4) is 0 Å². The number of rotatable bonds is 6. The third-order valence-corrected chi connectivity index (χ3v) is 4.32. The second-order valence-corrected chi connectivity index (χ2v) is 6.15. The molecule has 0 bridgehead atoms. The Bertz CT molecular complexity index is 1070. The van der Waals surface area contributed by atoms with Crippen LogP contribution in [-0.4, -0.2) is 45.2 Å². The molecule has 4 aromatic rings. The Kier molecular flexibility index (Phi) is 4.29. The maximum absolute atomic E-state index is 11.1. The molecule has 8 nitrogen and oxygen atoms in total. The number of aromatic nitrogens is 5. The van der Waals surface area contributed by atoms with Crippen molar-refractivity contribution in [3.63, 3.8) is 0 Å². The molecule has 3 heterocycles. The van der Waals surface area contributed by atoms with Crippen molar-refractivity contribution in [3.05, 3.63) is 60.0 Å². The van der Waals surface area contributed by atoms with E-state index in [-0.39, 0.29) is 0 Å². The molecular formula is C19H18N6O2. The molecule has 0 saturated carbocycles. The monoisotopic (exact) mass is 362 g/mol. The van der Waals surface area contributed by atoms with Gasteiger partial charge in [0.2, 0.25) is 0 Å². The normalized spacial score (nSPS) is 10.9. The van der Waals surface area contributed by atoms with E-state index in [9.17, 15) is 4.79 Å². The highest BCUT2D eigenvalue weighted by Crippen LogP contribution is 2.25. The number of aromatic amines is 1. The van der Waals surface area contributed by atoms with E-state index in [2.05, 4.69) is 20.3 Å². The summed E-state index contributed by atoms with van der Waals surface area (Å²) in [4.78, 5) is 17.8. The minimum absolute atomic E-state index is 0.335. The number of hydrogen-bond acceptors (Lipinski definition) is 6. The first-order chi connectivity index (χ1) is 13.2. The van der Waals surface area contributed by atoms with Crippen LogP contribution in [-0.2, 0) is 6.54 Å². The van der Waals surface area contributed by atoms with Gasteiger partial charge in [0.1, 0.15) is 17.3 Å². The highest BCUT2D eigenvalue weighted by Gasteiger charge is 2.14. The summed E-state index contributed by atoms with van der Waals surface area (Å²) in [5, 5.41) is 11.1. The molecule has 136 valence electrons. The predicted molar refractivity (Wildman–Crippen MR) is 101 cm³/mol. The van der Waals surface area contributed by atoms with Gasteiger partial charge in [0, 0.05) is 37.5 Å². The zero-order valence-electron chi connectivity index (χ0n) is 15.0. The molecule has 1 aromatic carbocycles. The predicted octanol–water partition coefficient (Wildman–Crippen LogP) is 2.58. The Balaban J connectivity index is 1.73. The largest absolute Gasteiger partial charge is 0.497 e. The molecule has 0 fully saturated rings. The van der Waals surface area contributed by atoms with Crippen LogP contribution >= 0.6 is 0 Å². The van der Waals surface area contributed by atoms with E-state index in [0.29, 0.717) is 24.2 Å². The van der Waals surface area contributed by atoms with Crippen LogP contribution in [0.4, 0.5) is 5.82 Å². The van der Waals surface area contributed by atoms with Crippen molar-refractivity contribution < 1.29 is 9.53 Å². The molecule has 0 aliphatic carbocycles. The SMILES string of the molecule is COc1ccc(CN(C)c2cc(-c3cn[nH]c3)n3nc(C=O)cc3n2)cc1. The van der Waals surface area contributed by atoms with Gasteiger partial charge in [-0.15, -0.1) is 0 Å². The molecule has 4 rings (SSSR count). The van der Waals surface area contributed by atoms with Gasteiger partial charge in [0.15, 0.2) is 11.9 Å². The molecule has 3 aromatic heterocycles. The first kappa shape index (κ1) is 16.8. The number of methoxy groups -OCH3 is 1. The number of aldehydes is 1. The molecule has 8 heteroatoms. The van der Waals surface area contributed by atoms with Crippen LogP contribution in [0.15, 0.2) is 48.8 Å². The first-order valence-corrected chi connectivity index (χ1v) is 8.37.